The molecule has 0 amide bonds. The third kappa shape index (κ3) is 2.71. The Balaban J connectivity index is 2.73. The molecule has 6 nitrogen and oxygen atoms in total. The molecule has 0 saturated carbocycles. The Morgan fingerprint density at radius 2 is 2.10 bits per heavy atom. The van der Waals surface area contributed by atoms with Crippen LogP contribution in [0.3, 0.4) is 0 Å². The second kappa shape index (κ2) is 5.73. The van der Waals surface area contributed by atoms with Crippen molar-refractivity contribution in [3.05, 3.63) is 24.0 Å². The number of aromatic nitrogens is 2. The van der Waals surface area contributed by atoms with Gasteiger partial charge in [0.05, 0.1) is 17.1 Å². The number of carboxylic acids is 1. The zero-order valence-electron chi connectivity index (χ0n) is 12.7. The van der Waals surface area contributed by atoms with Gasteiger partial charge in [-0.2, -0.15) is 0 Å². The molecule has 0 radical (unpaired) electrons. The van der Waals surface area contributed by atoms with Gasteiger partial charge in [-0.1, -0.05) is 6.92 Å². The highest BCUT2D eigenvalue weighted by Gasteiger charge is 2.26. The number of carbonyl (C=O) groups is 1. The fourth-order valence-electron chi connectivity index (χ4n) is 2.43. The number of imidazole rings is 1. The van der Waals surface area contributed by atoms with Crippen LogP contribution in [0.1, 0.15) is 38.2 Å². The third-order valence-corrected chi connectivity index (χ3v) is 3.83. The Labute approximate surface area is 123 Å². The molecule has 2 aromatic rings. The number of aromatic hydroxyl groups is 1. The molecule has 0 spiro atoms. The smallest absolute Gasteiger partial charge is 0.326 e. The first kappa shape index (κ1) is 15.3. The van der Waals surface area contributed by atoms with Crippen molar-refractivity contribution >= 4 is 17.0 Å². The molecule has 21 heavy (non-hydrogen) atoms. The number of phenols is 1. The lowest BCUT2D eigenvalue weighted by molar-refractivity contribution is -0.141. The molecule has 114 valence electrons. The van der Waals surface area contributed by atoms with Crippen molar-refractivity contribution in [1.29, 1.82) is 0 Å². The molecule has 2 N–H and O–H groups in total. The number of benzene rings is 1. The highest BCUT2D eigenvalue weighted by molar-refractivity contribution is 5.81. The van der Waals surface area contributed by atoms with Crippen LogP contribution in [0.5, 0.6) is 5.75 Å². The van der Waals surface area contributed by atoms with Crippen molar-refractivity contribution in [2.75, 3.05) is 14.1 Å². The molecule has 0 fully saturated rings. The first-order chi connectivity index (χ1) is 9.86. The van der Waals surface area contributed by atoms with Crippen LogP contribution in [0.25, 0.3) is 11.0 Å². The van der Waals surface area contributed by atoms with Crippen LogP contribution in [0.4, 0.5) is 0 Å². The molecule has 2 rings (SSSR count). The highest BCUT2D eigenvalue weighted by Crippen LogP contribution is 2.30. The van der Waals surface area contributed by atoms with E-state index in [1.165, 1.54) is 0 Å². The second-order valence-electron chi connectivity index (χ2n) is 5.41. The lowest BCUT2D eigenvalue weighted by Crippen LogP contribution is -2.26. The number of aliphatic carboxylic acids is 1. The summed E-state index contributed by atoms with van der Waals surface area (Å²) in [6.07, 6.45) is 0.467. The van der Waals surface area contributed by atoms with E-state index in [2.05, 4.69) is 4.98 Å². The van der Waals surface area contributed by atoms with Crippen LogP contribution in [0.15, 0.2) is 18.2 Å². The molecule has 2 atom stereocenters. The van der Waals surface area contributed by atoms with Crippen molar-refractivity contribution in [2.45, 2.75) is 32.4 Å². The predicted octanol–water partition coefficient (Wildman–Crippen LogP) is 2.40. The van der Waals surface area contributed by atoms with Crippen molar-refractivity contribution in [3.63, 3.8) is 0 Å². The van der Waals surface area contributed by atoms with Gasteiger partial charge in [-0.15, -0.1) is 0 Å². The maximum Gasteiger partial charge on any atom is 0.326 e. The predicted molar refractivity (Wildman–Crippen MR) is 80.5 cm³/mol. The molecule has 1 aromatic carbocycles. The summed E-state index contributed by atoms with van der Waals surface area (Å²) in [5.41, 5.74) is 1.34. The molecule has 2 unspecified atom stereocenters. The van der Waals surface area contributed by atoms with Crippen LogP contribution < -0.4 is 0 Å². The number of carboxylic acid groups (broad SMARTS) is 1. The van der Waals surface area contributed by atoms with Gasteiger partial charge in [0.2, 0.25) is 0 Å². The number of hydrogen-bond acceptors (Lipinski definition) is 4. The second-order valence-corrected chi connectivity index (χ2v) is 5.41. The molecular formula is C15H21N3O3. The van der Waals surface area contributed by atoms with E-state index in [1.54, 1.807) is 22.8 Å². The van der Waals surface area contributed by atoms with Gasteiger partial charge in [0.1, 0.15) is 17.6 Å². The fraction of sp³-hybridized carbons (Fsp3) is 0.467. The van der Waals surface area contributed by atoms with E-state index >= 15 is 0 Å². The summed E-state index contributed by atoms with van der Waals surface area (Å²) < 4.78 is 1.77. The molecule has 0 aliphatic rings. The first-order valence-corrected chi connectivity index (χ1v) is 6.96. The number of fused-ring (bicyclic) bond motifs is 1. The third-order valence-electron chi connectivity index (χ3n) is 3.83. The van der Waals surface area contributed by atoms with Crippen molar-refractivity contribution in [1.82, 2.24) is 14.5 Å². The van der Waals surface area contributed by atoms with E-state index in [0.29, 0.717) is 17.8 Å². The topological polar surface area (TPSA) is 78.6 Å². The maximum absolute atomic E-state index is 11.6. The van der Waals surface area contributed by atoms with Crippen LogP contribution in [-0.2, 0) is 4.79 Å². The van der Waals surface area contributed by atoms with E-state index in [-0.39, 0.29) is 11.8 Å². The van der Waals surface area contributed by atoms with Gasteiger partial charge in [-0.25, -0.2) is 9.78 Å². The van der Waals surface area contributed by atoms with Crippen LogP contribution in [0, 0.1) is 0 Å². The van der Waals surface area contributed by atoms with Gasteiger partial charge in [-0.05, 0) is 39.6 Å². The summed E-state index contributed by atoms with van der Waals surface area (Å²) in [4.78, 5) is 18.1. The monoisotopic (exact) mass is 291 g/mol. The van der Waals surface area contributed by atoms with Gasteiger partial charge >= 0.3 is 5.97 Å². The number of hydrogen-bond donors (Lipinski definition) is 2. The molecule has 0 bridgehead atoms. The molecule has 6 heteroatoms. The Kier molecular flexibility index (Phi) is 4.18. The Hall–Kier alpha value is -2.08. The Bertz CT molecular complexity index is 663. The molecule has 1 heterocycles. The summed E-state index contributed by atoms with van der Waals surface area (Å²) >= 11 is 0. The summed E-state index contributed by atoms with van der Waals surface area (Å²) in [6, 6.07) is 4.13. The summed E-state index contributed by atoms with van der Waals surface area (Å²) in [5, 5.41) is 19.1. The van der Waals surface area contributed by atoms with Gasteiger partial charge in [0, 0.05) is 6.07 Å². The first-order valence-electron chi connectivity index (χ1n) is 6.96. The largest absolute Gasteiger partial charge is 0.508 e. The standard InChI is InChI=1S/C15H21N3O3/c1-5-12(15(20)21)18-13-7-6-10(19)8-11(13)16-14(18)9(2)17(3)4/h6-9,12,19H,5H2,1-4H3,(H,20,21). The maximum atomic E-state index is 11.6. The average Bonchev–Trinajstić information content (AvgIpc) is 2.76. The summed E-state index contributed by atoms with van der Waals surface area (Å²) in [7, 11) is 3.85. The SMILES string of the molecule is CCC(C(=O)O)n1c(C(C)N(C)C)nc2cc(O)ccc21. The van der Waals surface area contributed by atoms with Gasteiger partial charge in [0.15, 0.2) is 0 Å². The molecule has 0 aliphatic carbocycles. The zero-order valence-corrected chi connectivity index (χ0v) is 12.7. The highest BCUT2D eigenvalue weighted by atomic mass is 16.4. The van der Waals surface area contributed by atoms with Crippen LogP contribution in [0.2, 0.25) is 0 Å². The minimum Gasteiger partial charge on any atom is -0.508 e. The van der Waals surface area contributed by atoms with E-state index in [4.69, 9.17) is 0 Å². The van der Waals surface area contributed by atoms with E-state index < -0.39 is 12.0 Å². The number of nitrogens with zero attached hydrogens (tertiary/aromatic N) is 3. The van der Waals surface area contributed by atoms with Gasteiger partial charge in [-0.3, -0.25) is 4.90 Å². The van der Waals surface area contributed by atoms with Crippen LogP contribution >= 0.6 is 0 Å². The average molecular weight is 291 g/mol. The molecule has 0 saturated heterocycles. The van der Waals surface area contributed by atoms with Gasteiger partial charge < -0.3 is 14.8 Å². The Morgan fingerprint density at radius 3 is 2.62 bits per heavy atom. The Morgan fingerprint density at radius 1 is 1.43 bits per heavy atom. The van der Waals surface area contributed by atoms with E-state index in [0.717, 1.165) is 5.52 Å². The summed E-state index contributed by atoms with van der Waals surface area (Å²) in [5.74, 6) is -0.0634. The fourth-order valence-corrected chi connectivity index (χ4v) is 2.43. The molecular weight excluding hydrogens is 270 g/mol. The van der Waals surface area contributed by atoms with E-state index in [9.17, 15) is 15.0 Å². The van der Waals surface area contributed by atoms with Crippen LogP contribution in [-0.4, -0.2) is 44.7 Å². The number of rotatable bonds is 5. The number of phenolic OH excluding ortho intramolecular Hbond substituents is 1. The normalized spacial score (nSPS) is 14.5. The minimum absolute atomic E-state index is 0.0343. The van der Waals surface area contributed by atoms with Gasteiger partial charge in [0.25, 0.3) is 0 Å². The lowest BCUT2D eigenvalue weighted by atomic mass is 10.2. The molecule has 1 aromatic heterocycles. The van der Waals surface area contributed by atoms with Crippen molar-refractivity contribution in [2.24, 2.45) is 0 Å². The summed E-state index contributed by atoms with van der Waals surface area (Å²) in [6.45, 7) is 3.82. The quantitative estimate of drug-likeness (QED) is 0.884. The van der Waals surface area contributed by atoms with Crippen molar-refractivity contribution in [3.8, 4) is 5.75 Å². The lowest BCUT2D eigenvalue weighted by Gasteiger charge is -2.23. The molecule has 0 aliphatic heterocycles. The zero-order chi connectivity index (χ0) is 15.7. The minimum atomic E-state index is -0.878. The van der Waals surface area contributed by atoms with Crippen molar-refractivity contribution < 1.29 is 15.0 Å². The van der Waals surface area contributed by atoms with E-state index in [1.807, 2.05) is 32.8 Å².